The molecule has 0 atom stereocenters. The van der Waals surface area contributed by atoms with Gasteiger partial charge in [-0.1, -0.05) is 17.7 Å². The van der Waals surface area contributed by atoms with Crippen LogP contribution in [-0.4, -0.2) is 13.7 Å². The summed E-state index contributed by atoms with van der Waals surface area (Å²) in [6, 6.07) is 2.05. The van der Waals surface area contributed by atoms with Gasteiger partial charge in [0.1, 0.15) is 5.75 Å². The molecule has 15 heavy (non-hydrogen) atoms. The van der Waals surface area contributed by atoms with Crippen molar-refractivity contribution in [3.63, 3.8) is 0 Å². The van der Waals surface area contributed by atoms with Gasteiger partial charge in [-0.25, -0.2) is 0 Å². The second-order valence-electron chi connectivity index (χ2n) is 3.73. The Hall–Kier alpha value is -0.730. The molecule has 0 aromatic heterocycles. The molecule has 0 fully saturated rings. The lowest BCUT2D eigenvalue weighted by Crippen LogP contribution is -2.03. The van der Waals surface area contributed by atoms with Crippen LogP contribution >= 0.6 is 11.6 Å². The highest BCUT2D eigenvalue weighted by atomic mass is 35.5. The topological polar surface area (TPSA) is 35.2 Å². The molecule has 0 spiro atoms. The Bertz CT molecular complexity index is 350. The highest BCUT2D eigenvalue weighted by Gasteiger charge is 2.12. The summed E-state index contributed by atoms with van der Waals surface area (Å²) in [5.41, 5.74) is 8.83. The lowest BCUT2D eigenvalue weighted by molar-refractivity contribution is 0.406. The van der Waals surface area contributed by atoms with Crippen molar-refractivity contribution in [3.05, 3.63) is 27.8 Å². The maximum atomic E-state index is 6.26. The first-order valence-electron chi connectivity index (χ1n) is 5.14. The number of methoxy groups -OCH3 is 1. The number of hydrogen-bond acceptors (Lipinski definition) is 2. The standard InChI is InChI=1S/C12H18ClNO/c1-8-7-9(2)12(15-3)10(11(8)13)5-4-6-14/h7H,4-6,14H2,1-3H3. The monoisotopic (exact) mass is 227 g/mol. The van der Waals surface area contributed by atoms with E-state index in [4.69, 9.17) is 22.1 Å². The molecular weight excluding hydrogens is 210 g/mol. The third kappa shape index (κ3) is 2.64. The van der Waals surface area contributed by atoms with E-state index in [-0.39, 0.29) is 0 Å². The first-order chi connectivity index (χ1) is 7.11. The summed E-state index contributed by atoms with van der Waals surface area (Å²) < 4.78 is 5.38. The van der Waals surface area contributed by atoms with Gasteiger partial charge in [0, 0.05) is 5.56 Å². The van der Waals surface area contributed by atoms with E-state index in [0.29, 0.717) is 6.54 Å². The van der Waals surface area contributed by atoms with Crippen molar-refractivity contribution < 1.29 is 4.74 Å². The summed E-state index contributed by atoms with van der Waals surface area (Å²) >= 11 is 6.26. The number of benzene rings is 1. The van der Waals surface area contributed by atoms with Gasteiger partial charge in [-0.05, 0) is 44.4 Å². The number of hydrogen-bond donors (Lipinski definition) is 1. The quantitative estimate of drug-likeness (QED) is 0.859. The molecule has 0 unspecified atom stereocenters. The Balaban J connectivity index is 3.18. The smallest absolute Gasteiger partial charge is 0.126 e. The van der Waals surface area contributed by atoms with Gasteiger partial charge in [0.05, 0.1) is 12.1 Å². The molecule has 0 saturated carbocycles. The summed E-state index contributed by atoms with van der Waals surface area (Å²) in [5.74, 6) is 0.902. The van der Waals surface area contributed by atoms with Gasteiger partial charge in [0.25, 0.3) is 0 Å². The fraction of sp³-hybridized carbons (Fsp3) is 0.500. The molecule has 1 aromatic carbocycles. The Morgan fingerprint density at radius 1 is 1.33 bits per heavy atom. The lowest BCUT2D eigenvalue weighted by atomic mass is 10.0. The van der Waals surface area contributed by atoms with E-state index >= 15 is 0 Å². The fourth-order valence-electron chi connectivity index (χ4n) is 1.82. The van der Waals surface area contributed by atoms with Crippen molar-refractivity contribution >= 4 is 11.6 Å². The molecule has 0 aliphatic rings. The molecule has 1 aromatic rings. The van der Waals surface area contributed by atoms with E-state index < -0.39 is 0 Å². The van der Waals surface area contributed by atoms with Crippen LogP contribution in [0.4, 0.5) is 0 Å². The van der Waals surface area contributed by atoms with Crippen LogP contribution in [0.3, 0.4) is 0 Å². The van der Waals surface area contributed by atoms with Crippen LogP contribution in [0.1, 0.15) is 23.1 Å². The number of rotatable bonds is 4. The van der Waals surface area contributed by atoms with Crippen molar-refractivity contribution in [2.75, 3.05) is 13.7 Å². The van der Waals surface area contributed by atoms with Crippen LogP contribution < -0.4 is 10.5 Å². The number of aryl methyl sites for hydroxylation is 2. The van der Waals surface area contributed by atoms with Crippen molar-refractivity contribution in [3.8, 4) is 5.75 Å². The van der Waals surface area contributed by atoms with Gasteiger partial charge in [-0.3, -0.25) is 0 Å². The van der Waals surface area contributed by atoms with Crippen LogP contribution in [0.25, 0.3) is 0 Å². The molecule has 0 aliphatic carbocycles. The Morgan fingerprint density at radius 2 is 2.00 bits per heavy atom. The predicted octanol–water partition coefficient (Wildman–Crippen LogP) is 2.86. The van der Waals surface area contributed by atoms with Crippen LogP contribution in [0, 0.1) is 13.8 Å². The zero-order valence-corrected chi connectivity index (χ0v) is 10.3. The number of ether oxygens (including phenoxy) is 1. The molecule has 0 saturated heterocycles. The Kier molecular flexibility index (Phi) is 4.43. The third-order valence-electron chi connectivity index (χ3n) is 2.51. The van der Waals surface area contributed by atoms with Gasteiger partial charge in [-0.2, -0.15) is 0 Å². The minimum absolute atomic E-state index is 0.673. The number of halogens is 1. The van der Waals surface area contributed by atoms with E-state index in [1.165, 1.54) is 0 Å². The van der Waals surface area contributed by atoms with Crippen LogP contribution in [0.2, 0.25) is 5.02 Å². The second kappa shape index (κ2) is 5.38. The zero-order chi connectivity index (χ0) is 11.4. The number of nitrogens with two attached hydrogens (primary N) is 1. The van der Waals surface area contributed by atoms with E-state index in [9.17, 15) is 0 Å². The molecule has 2 nitrogen and oxygen atoms in total. The van der Waals surface area contributed by atoms with Gasteiger partial charge < -0.3 is 10.5 Å². The highest BCUT2D eigenvalue weighted by molar-refractivity contribution is 6.32. The SMILES string of the molecule is COc1c(C)cc(C)c(Cl)c1CCCN. The van der Waals surface area contributed by atoms with E-state index in [0.717, 1.165) is 40.3 Å². The molecule has 3 heteroatoms. The van der Waals surface area contributed by atoms with Crippen molar-refractivity contribution in [2.24, 2.45) is 5.73 Å². The summed E-state index contributed by atoms with van der Waals surface area (Å²) in [4.78, 5) is 0. The van der Waals surface area contributed by atoms with Gasteiger partial charge in [-0.15, -0.1) is 0 Å². The van der Waals surface area contributed by atoms with Crippen LogP contribution in [-0.2, 0) is 6.42 Å². The first kappa shape index (κ1) is 12.3. The largest absolute Gasteiger partial charge is 0.496 e. The molecule has 0 heterocycles. The molecule has 0 aliphatic heterocycles. The summed E-state index contributed by atoms with van der Waals surface area (Å²) in [7, 11) is 1.68. The summed E-state index contributed by atoms with van der Waals surface area (Å²) in [5, 5.41) is 0.811. The molecule has 2 N–H and O–H groups in total. The minimum atomic E-state index is 0.673. The van der Waals surface area contributed by atoms with Crippen molar-refractivity contribution in [1.29, 1.82) is 0 Å². The molecular formula is C12H18ClNO. The Morgan fingerprint density at radius 3 is 2.53 bits per heavy atom. The molecule has 1 rings (SSSR count). The van der Waals surface area contributed by atoms with E-state index in [2.05, 4.69) is 0 Å². The van der Waals surface area contributed by atoms with Gasteiger partial charge in [0.2, 0.25) is 0 Å². The molecule has 84 valence electrons. The van der Waals surface area contributed by atoms with E-state index in [1.807, 2.05) is 19.9 Å². The normalized spacial score (nSPS) is 10.5. The first-order valence-corrected chi connectivity index (χ1v) is 5.52. The average Bonchev–Trinajstić information content (AvgIpc) is 2.21. The van der Waals surface area contributed by atoms with E-state index in [1.54, 1.807) is 7.11 Å². The maximum absolute atomic E-state index is 6.26. The van der Waals surface area contributed by atoms with Crippen LogP contribution in [0.15, 0.2) is 6.07 Å². The fourth-order valence-corrected chi connectivity index (χ4v) is 2.05. The zero-order valence-electron chi connectivity index (χ0n) is 9.56. The second-order valence-corrected chi connectivity index (χ2v) is 4.11. The highest BCUT2D eigenvalue weighted by Crippen LogP contribution is 2.33. The van der Waals surface area contributed by atoms with Crippen molar-refractivity contribution in [1.82, 2.24) is 0 Å². The van der Waals surface area contributed by atoms with Gasteiger partial charge >= 0.3 is 0 Å². The van der Waals surface area contributed by atoms with Gasteiger partial charge in [0.15, 0.2) is 0 Å². The Labute approximate surface area is 96.4 Å². The molecule has 0 radical (unpaired) electrons. The minimum Gasteiger partial charge on any atom is -0.496 e. The third-order valence-corrected chi connectivity index (χ3v) is 3.04. The maximum Gasteiger partial charge on any atom is 0.126 e. The van der Waals surface area contributed by atoms with Crippen molar-refractivity contribution in [2.45, 2.75) is 26.7 Å². The predicted molar refractivity (Wildman–Crippen MR) is 64.9 cm³/mol. The lowest BCUT2D eigenvalue weighted by Gasteiger charge is -2.15. The molecule has 0 amide bonds. The average molecular weight is 228 g/mol. The molecule has 0 bridgehead atoms. The summed E-state index contributed by atoms with van der Waals surface area (Å²) in [6.07, 6.45) is 1.81. The van der Waals surface area contributed by atoms with Crippen LogP contribution in [0.5, 0.6) is 5.75 Å². The summed E-state index contributed by atoms with van der Waals surface area (Å²) in [6.45, 7) is 4.72.